The molecule has 2 rings (SSSR count). The van der Waals surface area contributed by atoms with Gasteiger partial charge in [-0.3, -0.25) is 9.36 Å². The highest BCUT2D eigenvalue weighted by Gasteiger charge is 2.09. The molecule has 0 unspecified atom stereocenters. The standard InChI is InChI=1S/C7H7ClN4O/c1-11-3-9-5-4(11)6(13)12(2)7(8)10-5/h3H,1-2H3. The molecule has 5 nitrogen and oxygen atoms in total. The molecule has 0 bridgehead atoms. The minimum absolute atomic E-state index is 0.149. The summed E-state index contributed by atoms with van der Waals surface area (Å²) >= 11 is 5.70. The lowest BCUT2D eigenvalue weighted by Gasteiger charge is -1.99. The predicted molar refractivity (Wildman–Crippen MR) is 48.8 cm³/mol. The maximum absolute atomic E-state index is 11.6. The van der Waals surface area contributed by atoms with Crippen LogP contribution in [0.2, 0.25) is 5.28 Å². The molecule has 0 fully saturated rings. The van der Waals surface area contributed by atoms with E-state index in [-0.39, 0.29) is 10.8 Å². The molecule has 13 heavy (non-hydrogen) atoms. The average molecular weight is 199 g/mol. The summed E-state index contributed by atoms with van der Waals surface area (Å²) in [6, 6.07) is 0. The van der Waals surface area contributed by atoms with Crippen molar-refractivity contribution in [3.8, 4) is 0 Å². The van der Waals surface area contributed by atoms with Crippen molar-refractivity contribution in [2.24, 2.45) is 14.1 Å². The van der Waals surface area contributed by atoms with Gasteiger partial charge in [0.25, 0.3) is 5.56 Å². The molecule has 0 aliphatic heterocycles. The van der Waals surface area contributed by atoms with E-state index < -0.39 is 0 Å². The fourth-order valence-electron chi connectivity index (χ4n) is 1.15. The van der Waals surface area contributed by atoms with Crippen LogP contribution in [0, 0.1) is 0 Å². The number of hydrogen-bond acceptors (Lipinski definition) is 3. The SMILES string of the molecule is Cn1c(Cl)nc2ncn(C)c2c1=O. The molecule has 0 aromatic carbocycles. The van der Waals surface area contributed by atoms with Gasteiger partial charge in [-0.25, -0.2) is 4.98 Å². The van der Waals surface area contributed by atoms with Gasteiger partial charge in [-0.1, -0.05) is 0 Å². The molecule has 6 heteroatoms. The Morgan fingerprint density at radius 3 is 2.85 bits per heavy atom. The van der Waals surface area contributed by atoms with Gasteiger partial charge in [0.2, 0.25) is 5.28 Å². The fraction of sp³-hybridized carbons (Fsp3) is 0.286. The van der Waals surface area contributed by atoms with Gasteiger partial charge < -0.3 is 4.57 Å². The zero-order valence-electron chi connectivity index (χ0n) is 7.15. The number of rotatable bonds is 0. The van der Waals surface area contributed by atoms with Crippen molar-refractivity contribution in [2.75, 3.05) is 0 Å². The third-order valence-electron chi connectivity index (χ3n) is 1.90. The maximum atomic E-state index is 11.6. The largest absolute Gasteiger partial charge is 0.328 e. The second-order valence-electron chi connectivity index (χ2n) is 2.77. The van der Waals surface area contributed by atoms with Gasteiger partial charge in [-0.05, 0) is 11.6 Å². The lowest BCUT2D eigenvalue weighted by molar-refractivity contribution is 0.828. The van der Waals surface area contributed by atoms with Crippen LogP contribution in [0.5, 0.6) is 0 Å². The Morgan fingerprint density at radius 1 is 1.46 bits per heavy atom. The quantitative estimate of drug-likeness (QED) is 0.573. The lowest BCUT2D eigenvalue weighted by Crippen LogP contribution is -2.20. The van der Waals surface area contributed by atoms with Crippen molar-refractivity contribution in [3.63, 3.8) is 0 Å². The second-order valence-corrected chi connectivity index (χ2v) is 3.11. The van der Waals surface area contributed by atoms with Crippen LogP contribution in [-0.2, 0) is 14.1 Å². The number of aryl methyl sites for hydroxylation is 1. The maximum Gasteiger partial charge on any atom is 0.280 e. The number of fused-ring (bicyclic) bond motifs is 1. The smallest absolute Gasteiger partial charge is 0.280 e. The third-order valence-corrected chi connectivity index (χ3v) is 2.24. The first kappa shape index (κ1) is 8.25. The van der Waals surface area contributed by atoms with E-state index in [0.29, 0.717) is 11.2 Å². The first-order chi connectivity index (χ1) is 6.11. The zero-order valence-corrected chi connectivity index (χ0v) is 7.91. The van der Waals surface area contributed by atoms with E-state index in [1.54, 1.807) is 18.7 Å². The van der Waals surface area contributed by atoms with Crippen molar-refractivity contribution < 1.29 is 0 Å². The Hall–Kier alpha value is -1.36. The second kappa shape index (κ2) is 2.56. The molecule has 0 spiro atoms. The number of nitrogens with zero attached hydrogens (tertiary/aromatic N) is 4. The molecule has 68 valence electrons. The number of halogens is 1. The predicted octanol–water partition coefficient (Wildman–Crippen LogP) is 0.320. The molecule has 2 aromatic heterocycles. The molecule has 0 amide bonds. The molecular weight excluding hydrogens is 192 g/mol. The van der Waals surface area contributed by atoms with Crippen LogP contribution in [-0.4, -0.2) is 19.1 Å². The van der Waals surface area contributed by atoms with E-state index in [1.165, 1.54) is 10.9 Å². The Labute approximate surface area is 78.6 Å². The van der Waals surface area contributed by atoms with Gasteiger partial charge in [0.15, 0.2) is 11.2 Å². The number of aromatic nitrogens is 4. The Morgan fingerprint density at radius 2 is 2.15 bits per heavy atom. The summed E-state index contributed by atoms with van der Waals surface area (Å²) in [5, 5.41) is 0.149. The molecule has 2 aromatic rings. The first-order valence-corrected chi connectivity index (χ1v) is 4.02. The van der Waals surface area contributed by atoms with E-state index in [2.05, 4.69) is 9.97 Å². The first-order valence-electron chi connectivity index (χ1n) is 3.65. The van der Waals surface area contributed by atoms with Crippen LogP contribution in [0.15, 0.2) is 11.1 Å². The van der Waals surface area contributed by atoms with E-state index >= 15 is 0 Å². The molecule has 2 heterocycles. The number of imidazole rings is 1. The van der Waals surface area contributed by atoms with Gasteiger partial charge in [0.1, 0.15) is 0 Å². The molecule has 0 N–H and O–H groups in total. The molecule has 0 saturated carbocycles. The van der Waals surface area contributed by atoms with Gasteiger partial charge in [0, 0.05) is 14.1 Å². The summed E-state index contributed by atoms with van der Waals surface area (Å²) in [4.78, 5) is 19.5. The topological polar surface area (TPSA) is 52.7 Å². The third kappa shape index (κ3) is 1.04. The van der Waals surface area contributed by atoms with Crippen LogP contribution in [0.25, 0.3) is 11.2 Å². The van der Waals surface area contributed by atoms with Crippen LogP contribution in [0.4, 0.5) is 0 Å². The highest BCUT2D eigenvalue weighted by Crippen LogP contribution is 2.07. The molecule has 0 saturated heterocycles. The zero-order chi connectivity index (χ0) is 9.59. The summed E-state index contributed by atoms with van der Waals surface area (Å²) < 4.78 is 2.91. The summed E-state index contributed by atoms with van der Waals surface area (Å²) in [5.74, 6) is 0. The minimum atomic E-state index is -0.185. The van der Waals surface area contributed by atoms with E-state index in [0.717, 1.165) is 0 Å². The number of hydrogen-bond donors (Lipinski definition) is 0. The van der Waals surface area contributed by atoms with Crippen molar-refractivity contribution in [1.29, 1.82) is 0 Å². The van der Waals surface area contributed by atoms with Gasteiger partial charge in [-0.15, -0.1) is 0 Å². The van der Waals surface area contributed by atoms with Crippen LogP contribution < -0.4 is 5.56 Å². The van der Waals surface area contributed by atoms with E-state index in [4.69, 9.17) is 11.6 Å². The van der Waals surface area contributed by atoms with E-state index in [1.807, 2.05) is 0 Å². The molecular formula is C7H7ClN4O. The van der Waals surface area contributed by atoms with Gasteiger partial charge in [0.05, 0.1) is 6.33 Å². The van der Waals surface area contributed by atoms with Gasteiger partial charge >= 0.3 is 0 Å². The lowest BCUT2D eigenvalue weighted by atomic mass is 10.5. The van der Waals surface area contributed by atoms with Crippen molar-refractivity contribution in [2.45, 2.75) is 0 Å². The molecule has 0 atom stereocenters. The Kier molecular flexibility index (Phi) is 1.63. The molecule has 0 aliphatic rings. The molecule has 0 radical (unpaired) electrons. The monoisotopic (exact) mass is 198 g/mol. The van der Waals surface area contributed by atoms with E-state index in [9.17, 15) is 4.79 Å². The summed E-state index contributed by atoms with van der Waals surface area (Å²) in [5.41, 5.74) is 0.664. The highest BCUT2D eigenvalue weighted by atomic mass is 35.5. The summed E-state index contributed by atoms with van der Waals surface area (Å²) in [6.45, 7) is 0. The highest BCUT2D eigenvalue weighted by molar-refractivity contribution is 6.28. The Balaban J connectivity index is 3.06. The molecule has 0 aliphatic carbocycles. The van der Waals surface area contributed by atoms with Crippen molar-refractivity contribution in [3.05, 3.63) is 22.0 Å². The minimum Gasteiger partial charge on any atom is -0.328 e. The van der Waals surface area contributed by atoms with Gasteiger partial charge in [-0.2, -0.15) is 4.98 Å². The summed E-state index contributed by atoms with van der Waals surface area (Å²) in [6.07, 6.45) is 1.54. The van der Waals surface area contributed by atoms with Crippen molar-refractivity contribution >= 4 is 22.8 Å². The average Bonchev–Trinajstić information content (AvgIpc) is 2.43. The van der Waals surface area contributed by atoms with Crippen molar-refractivity contribution in [1.82, 2.24) is 19.1 Å². The summed E-state index contributed by atoms with van der Waals surface area (Å²) in [7, 11) is 3.32. The van der Waals surface area contributed by atoms with Crippen LogP contribution in [0.1, 0.15) is 0 Å². The van der Waals surface area contributed by atoms with Crippen LogP contribution in [0.3, 0.4) is 0 Å². The fourth-order valence-corrected chi connectivity index (χ4v) is 1.31. The Bertz CT molecular complexity index is 527. The normalized spacial score (nSPS) is 11.0. The van der Waals surface area contributed by atoms with Crippen LogP contribution >= 0.6 is 11.6 Å².